The number of hydrogen-bond acceptors (Lipinski definition) is 4. The van der Waals surface area contributed by atoms with E-state index in [1.807, 2.05) is 11.3 Å². The summed E-state index contributed by atoms with van der Waals surface area (Å²) in [4.78, 5) is 8.84. The van der Waals surface area contributed by atoms with Gasteiger partial charge in [0.2, 0.25) is 0 Å². The number of nitrogens with zero attached hydrogens (tertiary/aromatic N) is 2. The molecular weight excluding hydrogens is 254 g/mol. The van der Waals surface area contributed by atoms with Crippen LogP contribution in [0.15, 0.2) is 0 Å². The van der Waals surface area contributed by atoms with Gasteiger partial charge in [-0.05, 0) is 32.1 Å². The second-order valence-corrected chi connectivity index (χ2v) is 7.37. The highest BCUT2D eigenvalue weighted by molar-refractivity contribution is 7.15. The highest BCUT2D eigenvalue weighted by atomic mass is 32.1. The Morgan fingerprint density at radius 1 is 1.32 bits per heavy atom. The van der Waals surface area contributed by atoms with E-state index in [1.165, 1.54) is 47.8 Å². The number of hydrogen-bond donors (Lipinski definition) is 1. The normalized spacial score (nSPS) is 19.8. The number of nitrogens with one attached hydrogen (secondary N) is 1. The molecule has 0 atom stereocenters. The van der Waals surface area contributed by atoms with Gasteiger partial charge in [0.05, 0.1) is 5.69 Å². The van der Waals surface area contributed by atoms with Crippen molar-refractivity contribution in [2.75, 3.05) is 11.9 Å². The number of thiazole rings is 1. The van der Waals surface area contributed by atoms with Crippen molar-refractivity contribution in [2.24, 2.45) is 0 Å². The molecule has 2 saturated carbocycles. The predicted octanol–water partition coefficient (Wildman–Crippen LogP) is 3.51. The molecule has 2 fully saturated rings. The van der Waals surface area contributed by atoms with Gasteiger partial charge in [-0.15, -0.1) is 11.3 Å². The number of aromatic nitrogens is 1. The van der Waals surface area contributed by atoms with Crippen molar-refractivity contribution in [3.05, 3.63) is 10.6 Å². The summed E-state index contributed by atoms with van der Waals surface area (Å²) in [6.45, 7) is 5.40. The van der Waals surface area contributed by atoms with Gasteiger partial charge in [0.15, 0.2) is 5.13 Å². The number of anilines is 1. The summed E-state index contributed by atoms with van der Waals surface area (Å²) in [5.41, 5.74) is 1.39. The van der Waals surface area contributed by atoms with Gasteiger partial charge in [0, 0.05) is 36.5 Å². The first kappa shape index (κ1) is 13.4. The van der Waals surface area contributed by atoms with Gasteiger partial charge in [0.25, 0.3) is 0 Å². The fourth-order valence-electron chi connectivity index (χ4n) is 2.53. The first-order valence-corrected chi connectivity index (χ1v) is 8.42. The third kappa shape index (κ3) is 2.95. The predicted molar refractivity (Wildman–Crippen MR) is 82.1 cm³/mol. The van der Waals surface area contributed by atoms with Crippen LogP contribution in [0.3, 0.4) is 0 Å². The molecule has 1 aromatic rings. The van der Waals surface area contributed by atoms with Crippen LogP contribution in [0.4, 0.5) is 5.13 Å². The molecule has 0 radical (unpaired) electrons. The molecule has 2 aliphatic rings. The molecule has 0 unspecified atom stereocenters. The van der Waals surface area contributed by atoms with E-state index in [4.69, 9.17) is 4.98 Å². The van der Waals surface area contributed by atoms with Crippen molar-refractivity contribution in [3.8, 4) is 0 Å². The van der Waals surface area contributed by atoms with E-state index in [0.29, 0.717) is 6.04 Å². The van der Waals surface area contributed by atoms with Crippen molar-refractivity contribution < 1.29 is 0 Å². The molecule has 1 heterocycles. The average Bonchev–Trinajstić information content (AvgIpc) is 3.04. The van der Waals surface area contributed by atoms with Crippen molar-refractivity contribution in [2.45, 2.75) is 70.5 Å². The Morgan fingerprint density at radius 3 is 2.58 bits per heavy atom. The summed E-state index contributed by atoms with van der Waals surface area (Å²) < 4.78 is 0. The van der Waals surface area contributed by atoms with Crippen molar-refractivity contribution in [1.29, 1.82) is 0 Å². The minimum atomic E-state index is 0.543. The topological polar surface area (TPSA) is 28.2 Å². The Bertz CT molecular complexity index is 433. The molecule has 0 spiro atoms. The quantitative estimate of drug-likeness (QED) is 0.864. The van der Waals surface area contributed by atoms with Crippen LogP contribution in [-0.4, -0.2) is 24.1 Å². The van der Waals surface area contributed by atoms with Gasteiger partial charge in [-0.1, -0.05) is 13.8 Å². The van der Waals surface area contributed by atoms with E-state index >= 15 is 0 Å². The fourth-order valence-corrected chi connectivity index (χ4v) is 3.66. The van der Waals surface area contributed by atoms with Crippen molar-refractivity contribution in [1.82, 2.24) is 10.3 Å². The zero-order valence-corrected chi connectivity index (χ0v) is 13.1. The van der Waals surface area contributed by atoms with Crippen LogP contribution in [0.1, 0.15) is 62.4 Å². The van der Waals surface area contributed by atoms with Gasteiger partial charge in [-0.3, -0.25) is 0 Å². The van der Waals surface area contributed by atoms with E-state index in [9.17, 15) is 0 Å². The molecule has 0 aliphatic heterocycles. The van der Waals surface area contributed by atoms with Crippen LogP contribution in [0, 0.1) is 0 Å². The SMILES string of the molecule is CC(C)NCc1sc(N(C)C2CCC2)nc1C1CC1. The first-order chi connectivity index (χ1) is 9.15. The van der Waals surface area contributed by atoms with Crippen LogP contribution in [0.5, 0.6) is 0 Å². The molecule has 106 valence electrons. The van der Waals surface area contributed by atoms with E-state index < -0.39 is 0 Å². The second-order valence-electron chi connectivity index (χ2n) is 6.31. The molecule has 0 aromatic carbocycles. The second kappa shape index (κ2) is 5.41. The Morgan fingerprint density at radius 2 is 2.05 bits per heavy atom. The maximum atomic E-state index is 4.96. The lowest BCUT2D eigenvalue weighted by Crippen LogP contribution is -2.37. The van der Waals surface area contributed by atoms with Gasteiger partial charge >= 0.3 is 0 Å². The van der Waals surface area contributed by atoms with Gasteiger partial charge in [0.1, 0.15) is 0 Å². The summed E-state index contributed by atoms with van der Waals surface area (Å²) in [6, 6.07) is 1.28. The summed E-state index contributed by atoms with van der Waals surface area (Å²) >= 11 is 1.91. The smallest absolute Gasteiger partial charge is 0.185 e. The Kier molecular flexibility index (Phi) is 3.81. The Balaban J connectivity index is 1.75. The molecule has 3 rings (SSSR count). The minimum Gasteiger partial charge on any atom is -0.348 e. The first-order valence-electron chi connectivity index (χ1n) is 7.61. The minimum absolute atomic E-state index is 0.543. The molecule has 1 N–H and O–H groups in total. The molecular formula is C15H25N3S. The monoisotopic (exact) mass is 279 g/mol. The maximum absolute atomic E-state index is 4.96. The molecule has 0 bridgehead atoms. The summed E-state index contributed by atoms with van der Waals surface area (Å²) in [5, 5.41) is 4.79. The van der Waals surface area contributed by atoms with E-state index in [2.05, 4.69) is 31.1 Å². The summed E-state index contributed by atoms with van der Waals surface area (Å²) in [7, 11) is 2.22. The molecule has 4 heteroatoms. The van der Waals surface area contributed by atoms with Crippen LogP contribution < -0.4 is 10.2 Å². The third-order valence-corrected chi connectivity index (χ3v) is 5.44. The van der Waals surface area contributed by atoms with E-state index in [0.717, 1.165) is 18.5 Å². The summed E-state index contributed by atoms with van der Waals surface area (Å²) in [6.07, 6.45) is 6.75. The van der Waals surface area contributed by atoms with E-state index in [-0.39, 0.29) is 0 Å². The zero-order chi connectivity index (χ0) is 13.4. The van der Waals surface area contributed by atoms with Gasteiger partial charge in [-0.25, -0.2) is 4.98 Å². The molecule has 0 saturated heterocycles. The lowest BCUT2D eigenvalue weighted by Gasteiger charge is -2.34. The van der Waals surface area contributed by atoms with Crippen LogP contribution >= 0.6 is 11.3 Å². The highest BCUT2D eigenvalue weighted by Crippen LogP contribution is 2.44. The number of rotatable bonds is 6. The Labute approximate surface area is 120 Å². The highest BCUT2D eigenvalue weighted by Gasteiger charge is 2.31. The van der Waals surface area contributed by atoms with E-state index in [1.54, 1.807) is 0 Å². The van der Waals surface area contributed by atoms with Crippen LogP contribution in [0.2, 0.25) is 0 Å². The molecule has 3 nitrogen and oxygen atoms in total. The lowest BCUT2D eigenvalue weighted by molar-refractivity contribution is 0.401. The molecule has 0 amide bonds. The largest absolute Gasteiger partial charge is 0.348 e. The van der Waals surface area contributed by atoms with Crippen molar-refractivity contribution >= 4 is 16.5 Å². The average molecular weight is 279 g/mol. The molecule has 1 aromatic heterocycles. The maximum Gasteiger partial charge on any atom is 0.185 e. The lowest BCUT2D eigenvalue weighted by atomic mass is 9.92. The van der Waals surface area contributed by atoms with Gasteiger partial charge < -0.3 is 10.2 Å². The van der Waals surface area contributed by atoms with Crippen molar-refractivity contribution in [3.63, 3.8) is 0 Å². The van der Waals surface area contributed by atoms with Crippen LogP contribution in [0.25, 0.3) is 0 Å². The standard InChI is InChI=1S/C15H25N3S/c1-10(2)16-9-13-14(11-7-8-11)17-15(19-13)18(3)12-5-4-6-12/h10-12,16H,4-9H2,1-3H3. The zero-order valence-electron chi connectivity index (χ0n) is 12.3. The molecule has 2 aliphatic carbocycles. The molecule has 19 heavy (non-hydrogen) atoms. The summed E-state index contributed by atoms with van der Waals surface area (Å²) in [5.74, 6) is 0.753. The van der Waals surface area contributed by atoms with Gasteiger partial charge in [-0.2, -0.15) is 0 Å². The van der Waals surface area contributed by atoms with Crippen LogP contribution in [-0.2, 0) is 6.54 Å². The third-order valence-electron chi connectivity index (χ3n) is 4.28. The fraction of sp³-hybridized carbons (Fsp3) is 0.800. The Hall–Kier alpha value is -0.610.